The van der Waals surface area contributed by atoms with Crippen LogP contribution >= 0.6 is 11.6 Å². The van der Waals surface area contributed by atoms with Gasteiger partial charge in [-0.1, -0.05) is 12.2 Å². The Labute approximate surface area is 83.2 Å². The van der Waals surface area contributed by atoms with Gasteiger partial charge in [-0.3, -0.25) is 4.98 Å². The number of allylic oxidation sites excluding steroid dienone is 1. The Morgan fingerprint density at radius 2 is 2.46 bits per heavy atom. The SMILES string of the molecule is COc1ccncc1C=CCCCl. The highest BCUT2D eigenvalue weighted by Gasteiger charge is 1.96. The van der Waals surface area contributed by atoms with Crippen molar-refractivity contribution in [2.24, 2.45) is 0 Å². The van der Waals surface area contributed by atoms with Gasteiger partial charge < -0.3 is 4.74 Å². The highest BCUT2D eigenvalue weighted by molar-refractivity contribution is 6.17. The summed E-state index contributed by atoms with van der Waals surface area (Å²) in [6, 6.07) is 1.83. The van der Waals surface area contributed by atoms with Crippen molar-refractivity contribution in [2.45, 2.75) is 6.42 Å². The maximum absolute atomic E-state index is 5.54. The summed E-state index contributed by atoms with van der Waals surface area (Å²) < 4.78 is 5.15. The van der Waals surface area contributed by atoms with Crippen molar-refractivity contribution in [2.75, 3.05) is 13.0 Å². The predicted octanol–water partition coefficient (Wildman–Crippen LogP) is 2.73. The van der Waals surface area contributed by atoms with Crippen LogP contribution in [-0.4, -0.2) is 18.0 Å². The molecule has 0 spiro atoms. The van der Waals surface area contributed by atoms with Gasteiger partial charge in [0, 0.05) is 23.8 Å². The molecule has 0 N–H and O–H groups in total. The quantitative estimate of drug-likeness (QED) is 0.693. The van der Waals surface area contributed by atoms with Crippen molar-refractivity contribution in [1.82, 2.24) is 4.98 Å². The average molecular weight is 198 g/mol. The van der Waals surface area contributed by atoms with Crippen molar-refractivity contribution in [3.63, 3.8) is 0 Å². The molecule has 0 aliphatic heterocycles. The van der Waals surface area contributed by atoms with Crippen molar-refractivity contribution in [3.8, 4) is 5.75 Å². The second-order valence-corrected chi connectivity index (χ2v) is 2.88. The molecule has 0 saturated carbocycles. The van der Waals surface area contributed by atoms with Gasteiger partial charge in [-0.15, -0.1) is 11.6 Å². The summed E-state index contributed by atoms with van der Waals surface area (Å²) in [4.78, 5) is 4.01. The highest BCUT2D eigenvalue weighted by Crippen LogP contribution is 2.17. The molecule has 1 heterocycles. The van der Waals surface area contributed by atoms with E-state index in [2.05, 4.69) is 4.98 Å². The topological polar surface area (TPSA) is 22.1 Å². The number of hydrogen-bond donors (Lipinski definition) is 0. The standard InChI is InChI=1S/C10H12ClNO/c1-13-10-5-7-12-8-9(10)4-2-3-6-11/h2,4-5,7-8H,3,6H2,1H3. The minimum Gasteiger partial charge on any atom is -0.496 e. The monoisotopic (exact) mass is 197 g/mol. The normalized spacial score (nSPS) is 10.6. The molecule has 3 heteroatoms. The van der Waals surface area contributed by atoms with Gasteiger partial charge in [0.15, 0.2) is 0 Å². The first-order valence-electron chi connectivity index (χ1n) is 4.09. The Morgan fingerprint density at radius 1 is 1.62 bits per heavy atom. The third-order valence-electron chi connectivity index (χ3n) is 1.60. The lowest BCUT2D eigenvalue weighted by Gasteiger charge is -2.02. The number of pyridine rings is 1. The van der Waals surface area contributed by atoms with Crippen LogP contribution in [0.5, 0.6) is 5.75 Å². The fourth-order valence-corrected chi connectivity index (χ4v) is 1.10. The number of alkyl halides is 1. The van der Waals surface area contributed by atoms with E-state index in [1.54, 1.807) is 19.5 Å². The van der Waals surface area contributed by atoms with Gasteiger partial charge in [0.2, 0.25) is 0 Å². The molecular formula is C10H12ClNO. The molecule has 0 aliphatic carbocycles. The van der Waals surface area contributed by atoms with Crippen molar-refractivity contribution in [1.29, 1.82) is 0 Å². The van der Waals surface area contributed by atoms with E-state index in [9.17, 15) is 0 Å². The Balaban J connectivity index is 2.74. The van der Waals surface area contributed by atoms with Gasteiger partial charge in [0.05, 0.1) is 7.11 Å². The minimum atomic E-state index is 0.638. The van der Waals surface area contributed by atoms with Gasteiger partial charge in [-0.2, -0.15) is 0 Å². The number of methoxy groups -OCH3 is 1. The molecule has 0 saturated heterocycles. The third-order valence-corrected chi connectivity index (χ3v) is 1.82. The number of rotatable bonds is 4. The molecule has 0 bridgehead atoms. The van der Waals surface area contributed by atoms with Crippen molar-refractivity contribution in [3.05, 3.63) is 30.1 Å². The fourth-order valence-electron chi connectivity index (χ4n) is 0.978. The van der Waals surface area contributed by atoms with Crippen LogP contribution in [0.2, 0.25) is 0 Å². The second kappa shape index (κ2) is 5.60. The van der Waals surface area contributed by atoms with Gasteiger partial charge in [0.1, 0.15) is 5.75 Å². The molecule has 0 atom stereocenters. The smallest absolute Gasteiger partial charge is 0.129 e. The molecule has 0 amide bonds. The zero-order chi connectivity index (χ0) is 9.52. The van der Waals surface area contributed by atoms with Crippen LogP contribution in [-0.2, 0) is 0 Å². The number of halogens is 1. The zero-order valence-corrected chi connectivity index (χ0v) is 8.29. The summed E-state index contributed by atoms with van der Waals surface area (Å²) in [6.07, 6.45) is 8.31. The van der Waals surface area contributed by atoms with Crippen LogP contribution in [0.25, 0.3) is 6.08 Å². The number of nitrogens with zero attached hydrogens (tertiary/aromatic N) is 1. The van der Waals surface area contributed by atoms with Crippen LogP contribution in [0.1, 0.15) is 12.0 Å². The molecule has 0 radical (unpaired) electrons. The predicted molar refractivity (Wildman–Crippen MR) is 55.2 cm³/mol. The van der Waals surface area contributed by atoms with Crippen LogP contribution in [0.4, 0.5) is 0 Å². The summed E-state index contributed by atoms with van der Waals surface area (Å²) >= 11 is 5.54. The van der Waals surface area contributed by atoms with E-state index in [0.717, 1.165) is 17.7 Å². The van der Waals surface area contributed by atoms with Crippen molar-refractivity contribution < 1.29 is 4.74 Å². The lowest BCUT2D eigenvalue weighted by Crippen LogP contribution is -1.87. The van der Waals surface area contributed by atoms with E-state index in [1.165, 1.54) is 0 Å². The van der Waals surface area contributed by atoms with E-state index in [4.69, 9.17) is 16.3 Å². The Kier molecular flexibility index (Phi) is 4.33. The first-order chi connectivity index (χ1) is 6.38. The molecule has 0 fully saturated rings. The molecule has 0 unspecified atom stereocenters. The van der Waals surface area contributed by atoms with Gasteiger partial charge in [-0.25, -0.2) is 0 Å². The number of ether oxygens (including phenoxy) is 1. The second-order valence-electron chi connectivity index (χ2n) is 2.50. The molecule has 0 aliphatic rings. The molecule has 70 valence electrons. The van der Waals surface area contributed by atoms with Gasteiger partial charge in [0.25, 0.3) is 0 Å². The third kappa shape index (κ3) is 3.07. The summed E-state index contributed by atoms with van der Waals surface area (Å²) in [5, 5.41) is 0. The summed E-state index contributed by atoms with van der Waals surface area (Å²) in [5.74, 6) is 1.47. The van der Waals surface area contributed by atoms with Gasteiger partial charge in [-0.05, 0) is 12.5 Å². The fraction of sp³-hybridized carbons (Fsp3) is 0.300. The van der Waals surface area contributed by atoms with Crippen LogP contribution < -0.4 is 4.74 Å². The van der Waals surface area contributed by atoms with E-state index in [1.807, 2.05) is 18.2 Å². The number of aromatic nitrogens is 1. The lowest BCUT2D eigenvalue weighted by atomic mass is 10.2. The zero-order valence-electron chi connectivity index (χ0n) is 7.53. The first-order valence-corrected chi connectivity index (χ1v) is 4.62. The minimum absolute atomic E-state index is 0.638. The Hall–Kier alpha value is -1.02. The van der Waals surface area contributed by atoms with Crippen LogP contribution in [0.3, 0.4) is 0 Å². The van der Waals surface area contributed by atoms with E-state index < -0.39 is 0 Å². The Morgan fingerprint density at radius 3 is 3.15 bits per heavy atom. The highest BCUT2D eigenvalue weighted by atomic mass is 35.5. The molecule has 2 nitrogen and oxygen atoms in total. The molecule has 13 heavy (non-hydrogen) atoms. The molecular weight excluding hydrogens is 186 g/mol. The summed E-state index contributed by atoms with van der Waals surface area (Å²) in [7, 11) is 1.65. The first kappa shape index (κ1) is 10.1. The van der Waals surface area contributed by atoms with Crippen LogP contribution in [0, 0.1) is 0 Å². The van der Waals surface area contributed by atoms with E-state index in [0.29, 0.717) is 5.88 Å². The molecule has 1 aromatic heterocycles. The van der Waals surface area contributed by atoms with Crippen molar-refractivity contribution >= 4 is 17.7 Å². The maximum atomic E-state index is 5.54. The molecule has 0 aromatic carbocycles. The van der Waals surface area contributed by atoms with E-state index in [-0.39, 0.29) is 0 Å². The summed E-state index contributed by atoms with van der Waals surface area (Å²) in [6.45, 7) is 0. The molecule has 1 rings (SSSR count). The van der Waals surface area contributed by atoms with Gasteiger partial charge >= 0.3 is 0 Å². The largest absolute Gasteiger partial charge is 0.496 e. The number of hydrogen-bond acceptors (Lipinski definition) is 2. The van der Waals surface area contributed by atoms with Crippen LogP contribution in [0.15, 0.2) is 24.5 Å². The Bertz CT molecular complexity index is 286. The molecule has 1 aromatic rings. The maximum Gasteiger partial charge on any atom is 0.129 e. The average Bonchev–Trinajstić information content (AvgIpc) is 2.19. The summed E-state index contributed by atoms with van der Waals surface area (Å²) in [5.41, 5.74) is 0.982. The van der Waals surface area contributed by atoms with E-state index >= 15 is 0 Å². The lowest BCUT2D eigenvalue weighted by molar-refractivity contribution is 0.413.